The Morgan fingerprint density at radius 2 is 1.88 bits per heavy atom. The zero-order chi connectivity index (χ0) is 6.78. The van der Waals surface area contributed by atoms with E-state index < -0.39 is 0 Å². The highest BCUT2D eigenvalue weighted by atomic mass is 127. The molecule has 0 radical (unpaired) electrons. The van der Waals surface area contributed by atoms with Crippen molar-refractivity contribution in [2.45, 2.75) is 25.9 Å². The molecule has 0 rings (SSSR count). The average Bonchev–Trinajstić information content (AvgIpc) is 1.62. The Hall–Kier alpha value is 1.51. The molecule has 0 aliphatic rings. The zero-order valence-corrected chi connectivity index (χ0v) is 9.22. The standard InChI is InChI=1S/C4H10BClIP/c1-4(2,3)8(6)5-7/h5H,1-3H3. The molecule has 0 saturated heterocycles. The Kier molecular flexibility index (Phi) is 4.31. The Balaban J connectivity index is 3.62. The van der Waals surface area contributed by atoms with E-state index in [0.717, 1.165) is 4.86 Å². The van der Waals surface area contributed by atoms with E-state index >= 15 is 0 Å². The van der Waals surface area contributed by atoms with Crippen LogP contribution in [0.25, 0.3) is 0 Å². The van der Waals surface area contributed by atoms with Gasteiger partial charge in [0, 0.05) is 0 Å². The van der Waals surface area contributed by atoms with Crippen molar-refractivity contribution < 1.29 is 0 Å². The second-order valence-corrected chi connectivity index (χ2v) is 8.23. The summed E-state index contributed by atoms with van der Waals surface area (Å²) >= 11 is 8.33. The van der Waals surface area contributed by atoms with Crippen molar-refractivity contribution >= 4 is 45.6 Å². The van der Waals surface area contributed by atoms with Crippen LogP contribution in [0.5, 0.6) is 0 Å². The highest BCUT2D eigenvalue weighted by Crippen LogP contribution is 2.53. The average molecular weight is 262 g/mol. The van der Waals surface area contributed by atoms with E-state index in [1.54, 1.807) is 0 Å². The van der Waals surface area contributed by atoms with Crippen LogP contribution >= 0.6 is 40.8 Å². The molecule has 0 amide bonds. The van der Waals surface area contributed by atoms with E-state index in [1.807, 2.05) is 0 Å². The maximum atomic E-state index is 6.00. The van der Waals surface area contributed by atoms with Crippen molar-refractivity contribution in [1.82, 2.24) is 0 Å². The lowest BCUT2D eigenvalue weighted by molar-refractivity contribution is 0.799. The predicted octanol–water partition coefficient (Wildman–Crippen LogP) is 3.12. The van der Waals surface area contributed by atoms with Gasteiger partial charge in [-0.15, -0.1) is 33.6 Å². The first-order valence-electron chi connectivity index (χ1n) is 2.48. The van der Waals surface area contributed by atoms with Crippen LogP contribution < -0.4 is 0 Å². The van der Waals surface area contributed by atoms with Crippen LogP contribution in [0.2, 0.25) is 0 Å². The summed E-state index contributed by atoms with van der Waals surface area (Å²) < 4.78 is 0. The molecule has 0 aromatic carbocycles. The third kappa shape index (κ3) is 3.52. The van der Waals surface area contributed by atoms with Gasteiger partial charge >= 0.3 is 0 Å². The van der Waals surface area contributed by atoms with E-state index in [2.05, 4.69) is 43.1 Å². The van der Waals surface area contributed by atoms with Gasteiger partial charge in [0.05, 0.1) is 0 Å². The minimum Gasteiger partial charge on any atom is -0.146 e. The van der Waals surface area contributed by atoms with Gasteiger partial charge in [-0.25, -0.2) is 0 Å². The Bertz CT molecular complexity index is 72.9. The summed E-state index contributed by atoms with van der Waals surface area (Å²) in [5.74, 6) is 0. The number of hydrogen-bond acceptors (Lipinski definition) is 0. The van der Waals surface area contributed by atoms with Crippen LogP contribution in [0, 0.1) is 0 Å². The van der Waals surface area contributed by atoms with Gasteiger partial charge in [0.2, 0.25) is 4.86 Å². The van der Waals surface area contributed by atoms with Gasteiger partial charge in [-0.2, -0.15) is 0 Å². The van der Waals surface area contributed by atoms with Gasteiger partial charge in [0.15, 0.2) is 0 Å². The second kappa shape index (κ2) is 3.63. The molecule has 0 nitrogen and oxygen atoms in total. The summed E-state index contributed by atoms with van der Waals surface area (Å²) in [6.45, 7) is 6.55. The third-order valence-electron chi connectivity index (χ3n) is 0.833. The summed E-state index contributed by atoms with van der Waals surface area (Å²) in [4.78, 5) is 1.10. The molecule has 4 heteroatoms. The van der Waals surface area contributed by atoms with Crippen molar-refractivity contribution in [3.8, 4) is 0 Å². The summed E-state index contributed by atoms with van der Waals surface area (Å²) in [6, 6.07) is 0. The molecule has 0 heterocycles. The normalized spacial score (nSPS) is 15.6. The minimum atomic E-state index is -0.261. The smallest absolute Gasteiger partial charge is 0.146 e. The largest absolute Gasteiger partial charge is 0.247 e. The van der Waals surface area contributed by atoms with Gasteiger partial charge < -0.3 is 0 Å². The van der Waals surface area contributed by atoms with Crippen molar-refractivity contribution in [2.24, 2.45) is 0 Å². The lowest BCUT2D eigenvalue weighted by Gasteiger charge is -2.22. The lowest BCUT2D eigenvalue weighted by Crippen LogP contribution is -2.09. The monoisotopic (exact) mass is 262 g/mol. The fraction of sp³-hybridized carbons (Fsp3) is 1.00. The van der Waals surface area contributed by atoms with E-state index in [-0.39, 0.29) is 7.15 Å². The molecule has 1 unspecified atom stereocenters. The highest BCUT2D eigenvalue weighted by Gasteiger charge is 2.20. The van der Waals surface area contributed by atoms with Gasteiger partial charge in [0.1, 0.15) is 0 Å². The first kappa shape index (κ1) is 9.51. The minimum absolute atomic E-state index is 0.261. The lowest BCUT2D eigenvalue weighted by atomic mass is 10.3. The molecule has 1 atom stereocenters. The molecule has 0 aliphatic carbocycles. The zero-order valence-electron chi connectivity index (χ0n) is 5.41. The third-order valence-corrected chi connectivity index (χ3v) is 7.64. The molecule has 0 N–H and O–H groups in total. The van der Waals surface area contributed by atoms with E-state index in [9.17, 15) is 0 Å². The molecule has 0 aromatic heterocycles. The fourth-order valence-corrected chi connectivity index (χ4v) is 3.61. The Morgan fingerprint density at radius 1 is 1.50 bits per heavy atom. The van der Waals surface area contributed by atoms with Crippen LogP contribution in [0.15, 0.2) is 0 Å². The summed E-state index contributed by atoms with van der Waals surface area (Å²) in [6.07, 6.45) is 0. The van der Waals surface area contributed by atoms with Gasteiger partial charge in [-0.3, -0.25) is 0 Å². The van der Waals surface area contributed by atoms with Crippen LogP contribution in [-0.2, 0) is 0 Å². The van der Waals surface area contributed by atoms with Crippen molar-refractivity contribution in [2.75, 3.05) is 0 Å². The summed E-state index contributed by atoms with van der Waals surface area (Å²) in [5.41, 5.74) is 0. The maximum Gasteiger partial charge on any atom is 0.247 e. The molecular formula is C4H10BClIP. The van der Waals surface area contributed by atoms with E-state index in [1.165, 1.54) is 0 Å². The quantitative estimate of drug-likeness (QED) is 0.387. The fourth-order valence-electron chi connectivity index (χ4n) is 0.179. The summed E-state index contributed by atoms with van der Waals surface area (Å²) in [5, 5.41) is 0.331. The van der Waals surface area contributed by atoms with Crippen molar-refractivity contribution in [3.05, 3.63) is 0 Å². The van der Waals surface area contributed by atoms with Crippen molar-refractivity contribution in [1.29, 1.82) is 0 Å². The Labute approximate surface area is 71.4 Å². The molecule has 0 aromatic rings. The van der Waals surface area contributed by atoms with Crippen LogP contribution in [0.4, 0.5) is 0 Å². The predicted molar refractivity (Wildman–Crippen MR) is 53.7 cm³/mol. The van der Waals surface area contributed by atoms with Crippen LogP contribution in [0.1, 0.15) is 20.8 Å². The molecule has 48 valence electrons. The van der Waals surface area contributed by atoms with E-state index in [4.69, 9.17) is 11.2 Å². The number of halogens is 2. The maximum absolute atomic E-state index is 6.00. The SMILES string of the molecule is CC(C)(C)P(Cl)BI. The van der Waals surface area contributed by atoms with Crippen LogP contribution in [0.3, 0.4) is 0 Å². The van der Waals surface area contributed by atoms with Gasteiger partial charge in [-0.05, 0) is 12.3 Å². The first-order chi connectivity index (χ1) is 3.48. The topological polar surface area (TPSA) is 0 Å². The van der Waals surface area contributed by atoms with E-state index in [0.29, 0.717) is 5.16 Å². The molecule has 0 aliphatic heterocycles. The summed E-state index contributed by atoms with van der Waals surface area (Å²) in [7, 11) is -0.261. The second-order valence-electron chi connectivity index (χ2n) is 2.65. The molecular weight excluding hydrogens is 252 g/mol. The number of rotatable bonds is 1. The van der Waals surface area contributed by atoms with Gasteiger partial charge in [0.25, 0.3) is 0 Å². The molecule has 0 saturated carbocycles. The van der Waals surface area contributed by atoms with Crippen molar-refractivity contribution in [3.63, 3.8) is 0 Å². The van der Waals surface area contributed by atoms with Crippen LogP contribution in [-0.4, -0.2) is 10.0 Å². The van der Waals surface area contributed by atoms with Gasteiger partial charge in [-0.1, -0.05) is 20.8 Å². The first-order valence-corrected chi connectivity index (χ1v) is 6.43. The number of hydrogen-bond donors (Lipinski definition) is 0. The highest BCUT2D eigenvalue weighted by molar-refractivity contribution is 14.1. The molecule has 8 heavy (non-hydrogen) atoms. The molecule has 0 bridgehead atoms. The Morgan fingerprint density at radius 3 is 1.88 bits per heavy atom. The molecule has 0 spiro atoms. The molecule has 0 fully saturated rings.